The Kier molecular flexibility index (Phi) is 11.9. The summed E-state index contributed by atoms with van der Waals surface area (Å²) in [5.41, 5.74) is 1.72. The van der Waals surface area contributed by atoms with Gasteiger partial charge in [0.2, 0.25) is 0 Å². The number of amides is 1. The van der Waals surface area contributed by atoms with Gasteiger partial charge in [0.25, 0.3) is 5.91 Å². The molecular formula is C19H32N4O3. The Morgan fingerprint density at radius 1 is 1.00 bits per heavy atom. The van der Waals surface area contributed by atoms with Crippen molar-refractivity contribution < 1.29 is 14.3 Å². The van der Waals surface area contributed by atoms with Crippen molar-refractivity contribution in [2.45, 2.75) is 26.8 Å². The number of carbonyl (C=O) groups excluding carboxylic acids is 1. The number of methoxy groups -OCH3 is 1. The zero-order chi connectivity index (χ0) is 19.0. The van der Waals surface area contributed by atoms with Crippen molar-refractivity contribution in [3.63, 3.8) is 0 Å². The van der Waals surface area contributed by atoms with Crippen molar-refractivity contribution >= 4 is 11.9 Å². The minimum absolute atomic E-state index is 0.0507. The lowest BCUT2D eigenvalue weighted by Gasteiger charge is -2.11. The molecule has 0 atom stereocenters. The van der Waals surface area contributed by atoms with Gasteiger partial charge in [-0.1, -0.05) is 12.1 Å². The first-order valence-electron chi connectivity index (χ1n) is 9.17. The minimum atomic E-state index is -0.0507. The summed E-state index contributed by atoms with van der Waals surface area (Å²) in [6.45, 7) is 8.63. The first kappa shape index (κ1) is 21.9. The molecule has 0 unspecified atom stereocenters. The SMILES string of the molecule is CCNC(=O)c1ccc(CN=C(NCC)NCCCOCCOC)cc1. The van der Waals surface area contributed by atoms with Gasteiger partial charge in [-0.05, 0) is 38.0 Å². The molecule has 0 saturated heterocycles. The number of hydrogen-bond donors (Lipinski definition) is 3. The highest BCUT2D eigenvalue weighted by molar-refractivity contribution is 5.94. The monoisotopic (exact) mass is 364 g/mol. The average Bonchev–Trinajstić information content (AvgIpc) is 2.66. The van der Waals surface area contributed by atoms with E-state index in [1.165, 1.54) is 0 Å². The van der Waals surface area contributed by atoms with E-state index in [1.807, 2.05) is 38.1 Å². The third-order valence-corrected chi connectivity index (χ3v) is 3.51. The van der Waals surface area contributed by atoms with Crippen molar-refractivity contribution in [3.05, 3.63) is 35.4 Å². The highest BCUT2D eigenvalue weighted by atomic mass is 16.5. The smallest absolute Gasteiger partial charge is 0.251 e. The summed E-state index contributed by atoms with van der Waals surface area (Å²) in [6, 6.07) is 7.52. The number of carbonyl (C=O) groups is 1. The predicted octanol–water partition coefficient (Wildman–Crippen LogP) is 1.54. The normalized spacial score (nSPS) is 11.3. The summed E-state index contributed by atoms with van der Waals surface area (Å²) in [5, 5.41) is 9.31. The van der Waals surface area contributed by atoms with Crippen LogP contribution in [0.15, 0.2) is 29.3 Å². The minimum Gasteiger partial charge on any atom is -0.382 e. The summed E-state index contributed by atoms with van der Waals surface area (Å²) >= 11 is 0. The van der Waals surface area contributed by atoms with Crippen LogP contribution >= 0.6 is 0 Å². The van der Waals surface area contributed by atoms with Crippen molar-refractivity contribution in [2.24, 2.45) is 4.99 Å². The van der Waals surface area contributed by atoms with Crippen LogP contribution in [0.5, 0.6) is 0 Å². The Balaban J connectivity index is 2.41. The van der Waals surface area contributed by atoms with Crippen LogP contribution in [0.2, 0.25) is 0 Å². The van der Waals surface area contributed by atoms with E-state index < -0.39 is 0 Å². The Bertz CT molecular complexity index is 532. The van der Waals surface area contributed by atoms with Gasteiger partial charge in [0.1, 0.15) is 0 Å². The second-order valence-corrected chi connectivity index (χ2v) is 5.64. The highest BCUT2D eigenvalue weighted by Gasteiger charge is 2.03. The fraction of sp³-hybridized carbons (Fsp3) is 0.579. The molecule has 0 bridgehead atoms. The van der Waals surface area contributed by atoms with Crippen molar-refractivity contribution in [2.75, 3.05) is 46.6 Å². The summed E-state index contributed by atoms with van der Waals surface area (Å²) in [6.07, 6.45) is 0.898. The van der Waals surface area contributed by atoms with Crippen LogP contribution in [-0.4, -0.2) is 58.4 Å². The lowest BCUT2D eigenvalue weighted by Crippen LogP contribution is -2.38. The van der Waals surface area contributed by atoms with E-state index in [-0.39, 0.29) is 5.91 Å². The number of benzene rings is 1. The van der Waals surface area contributed by atoms with Crippen LogP contribution in [0.3, 0.4) is 0 Å². The van der Waals surface area contributed by atoms with E-state index in [4.69, 9.17) is 9.47 Å². The zero-order valence-electron chi connectivity index (χ0n) is 16.1. The molecule has 146 valence electrons. The summed E-state index contributed by atoms with van der Waals surface area (Å²) in [7, 11) is 1.66. The second kappa shape index (κ2) is 14.1. The molecule has 7 heteroatoms. The largest absolute Gasteiger partial charge is 0.382 e. The van der Waals surface area contributed by atoms with Gasteiger partial charge in [0.05, 0.1) is 19.8 Å². The number of aliphatic imine (C=N–C) groups is 1. The molecule has 0 aliphatic carbocycles. The fourth-order valence-corrected chi connectivity index (χ4v) is 2.16. The summed E-state index contributed by atoms with van der Waals surface area (Å²) in [4.78, 5) is 16.3. The van der Waals surface area contributed by atoms with Crippen LogP contribution < -0.4 is 16.0 Å². The van der Waals surface area contributed by atoms with E-state index in [2.05, 4.69) is 20.9 Å². The van der Waals surface area contributed by atoms with Gasteiger partial charge in [-0.3, -0.25) is 4.79 Å². The Labute approximate surface area is 156 Å². The molecule has 3 N–H and O–H groups in total. The number of ether oxygens (including phenoxy) is 2. The molecule has 26 heavy (non-hydrogen) atoms. The molecule has 0 aliphatic heterocycles. The van der Waals surface area contributed by atoms with Crippen LogP contribution in [0.25, 0.3) is 0 Å². The van der Waals surface area contributed by atoms with Crippen LogP contribution in [0.4, 0.5) is 0 Å². The van der Waals surface area contributed by atoms with Crippen LogP contribution in [0, 0.1) is 0 Å². The van der Waals surface area contributed by atoms with Crippen LogP contribution in [-0.2, 0) is 16.0 Å². The van der Waals surface area contributed by atoms with E-state index in [0.717, 1.165) is 31.0 Å². The topological polar surface area (TPSA) is 84.0 Å². The number of hydrogen-bond acceptors (Lipinski definition) is 4. The van der Waals surface area contributed by atoms with Crippen molar-refractivity contribution in [3.8, 4) is 0 Å². The maximum absolute atomic E-state index is 11.8. The molecule has 7 nitrogen and oxygen atoms in total. The van der Waals surface area contributed by atoms with Gasteiger partial charge in [-0.2, -0.15) is 0 Å². The van der Waals surface area contributed by atoms with Crippen LogP contribution in [0.1, 0.15) is 36.2 Å². The lowest BCUT2D eigenvalue weighted by molar-refractivity contribution is 0.0698. The molecular weight excluding hydrogens is 332 g/mol. The summed E-state index contributed by atoms with van der Waals surface area (Å²) < 4.78 is 10.4. The molecule has 0 aliphatic rings. The molecule has 0 spiro atoms. The molecule has 1 rings (SSSR count). The molecule has 1 aromatic carbocycles. The maximum atomic E-state index is 11.8. The molecule has 0 fully saturated rings. The van der Waals surface area contributed by atoms with Gasteiger partial charge in [-0.25, -0.2) is 4.99 Å². The maximum Gasteiger partial charge on any atom is 0.251 e. The first-order chi connectivity index (χ1) is 12.7. The van der Waals surface area contributed by atoms with E-state index in [1.54, 1.807) is 7.11 Å². The van der Waals surface area contributed by atoms with Gasteiger partial charge < -0.3 is 25.4 Å². The van der Waals surface area contributed by atoms with E-state index >= 15 is 0 Å². The molecule has 0 heterocycles. The standard InChI is InChI=1S/C19H32N4O3/c1-4-20-18(24)17-9-7-16(8-10-17)15-23-19(21-5-2)22-11-6-12-26-14-13-25-3/h7-10H,4-6,11-15H2,1-3H3,(H,20,24)(H2,21,22,23). The second-order valence-electron chi connectivity index (χ2n) is 5.64. The average molecular weight is 364 g/mol. The van der Waals surface area contributed by atoms with Gasteiger partial charge in [0.15, 0.2) is 5.96 Å². The number of rotatable bonds is 12. The number of guanidine groups is 1. The molecule has 0 radical (unpaired) electrons. The predicted molar refractivity (Wildman–Crippen MR) is 105 cm³/mol. The lowest BCUT2D eigenvalue weighted by atomic mass is 10.1. The fourth-order valence-electron chi connectivity index (χ4n) is 2.16. The number of nitrogens with one attached hydrogen (secondary N) is 3. The van der Waals surface area contributed by atoms with Crippen molar-refractivity contribution in [1.82, 2.24) is 16.0 Å². The Hall–Kier alpha value is -2.12. The molecule has 0 aromatic heterocycles. The third kappa shape index (κ3) is 9.39. The number of nitrogens with zero attached hydrogens (tertiary/aromatic N) is 1. The molecule has 0 saturated carbocycles. The van der Waals surface area contributed by atoms with Gasteiger partial charge in [0, 0.05) is 38.9 Å². The van der Waals surface area contributed by atoms with E-state index in [9.17, 15) is 4.79 Å². The zero-order valence-corrected chi connectivity index (χ0v) is 16.1. The highest BCUT2D eigenvalue weighted by Crippen LogP contribution is 2.05. The van der Waals surface area contributed by atoms with Crippen molar-refractivity contribution in [1.29, 1.82) is 0 Å². The first-order valence-corrected chi connectivity index (χ1v) is 9.17. The Morgan fingerprint density at radius 3 is 2.38 bits per heavy atom. The summed E-state index contributed by atoms with van der Waals surface area (Å²) in [5.74, 6) is 0.725. The molecule has 1 amide bonds. The molecule has 1 aromatic rings. The Morgan fingerprint density at radius 2 is 1.73 bits per heavy atom. The third-order valence-electron chi connectivity index (χ3n) is 3.51. The van der Waals surface area contributed by atoms with E-state index in [0.29, 0.717) is 38.5 Å². The quantitative estimate of drug-likeness (QED) is 0.298. The van der Waals surface area contributed by atoms with Gasteiger partial charge >= 0.3 is 0 Å². The van der Waals surface area contributed by atoms with Gasteiger partial charge in [-0.15, -0.1) is 0 Å².